The fraction of sp³-hybridized carbons (Fsp3) is 0.222. The maximum Gasteiger partial charge on any atom is 0.154 e. The SMILES string of the molecule is C=C/C=C\C=C(C)C.Cn1cc(-c2ccc3c(N4CC=C(c5ncc(Cc6ccccc6)cn5)CCC4)cnn3c2)cn1. The molecular weight excluding hydrogens is 530 g/mol. The Hall–Kier alpha value is -5.04. The molecule has 5 heterocycles. The Balaban J connectivity index is 0.000000407. The highest BCUT2D eigenvalue weighted by molar-refractivity contribution is 5.76. The van der Waals surface area contributed by atoms with Crippen molar-refractivity contribution >= 4 is 16.8 Å². The maximum absolute atomic E-state index is 4.70. The number of anilines is 1. The molecule has 1 aliphatic rings. The van der Waals surface area contributed by atoms with Crippen LogP contribution in [0.3, 0.4) is 0 Å². The molecule has 0 N–H and O–H groups in total. The van der Waals surface area contributed by atoms with Gasteiger partial charge in [0, 0.05) is 62.5 Å². The van der Waals surface area contributed by atoms with Crippen molar-refractivity contribution < 1.29 is 0 Å². The third-order valence-corrected chi connectivity index (χ3v) is 7.23. The van der Waals surface area contributed by atoms with Crippen LogP contribution in [0.5, 0.6) is 0 Å². The van der Waals surface area contributed by atoms with Gasteiger partial charge in [0.2, 0.25) is 0 Å². The zero-order valence-corrected chi connectivity index (χ0v) is 25.3. The van der Waals surface area contributed by atoms with Crippen molar-refractivity contribution in [2.75, 3.05) is 18.0 Å². The third kappa shape index (κ3) is 7.83. The van der Waals surface area contributed by atoms with Crippen LogP contribution in [0.25, 0.3) is 22.2 Å². The summed E-state index contributed by atoms with van der Waals surface area (Å²) >= 11 is 0. The first-order valence-corrected chi connectivity index (χ1v) is 14.7. The average molecular weight is 570 g/mol. The van der Waals surface area contributed by atoms with Gasteiger partial charge >= 0.3 is 0 Å². The summed E-state index contributed by atoms with van der Waals surface area (Å²) in [5.74, 6) is 0.838. The first kappa shape index (κ1) is 29.5. The lowest BCUT2D eigenvalue weighted by molar-refractivity contribution is 0.768. The van der Waals surface area contributed by atoms with E-state index >= 15 is 0 Å². The van der Waals surface area contributed by atoms with Crippen molar-refractivity contribution in [3.05, 3.63) is 139 Å². The van der Waals surface area contributed by atoms with Crippen molar-refractivity contribution in [2.45, 2.75) is 33.1 Å². The van der Waals surface area contributed by atoms with Gasteiger partial charge in [-0.15, -0.1) is 0 Å². The standard InChI is InChI=1S/C28H27N7.C8H12/c1-33-19-25(17-31-33)24-9-10-26-27(18-32-35(26)20-24)34-12-5-8-23(11-13-34)28-29-15-22(16-30-28)14-21-6-3-2-4-7-21;1-4-5-6-7-8(2)3/h2-4,6-7,9-11,15-20H,5,8,12-14H2,1H3;4-7H,1H2,2-3H3/b;6-5-. The van der Waals surface area contributed by atoms with Gasteiger partial charge in [0.25, 0.3) is 0 Å². The van der Waals surface area contributed by atoms with Gasteiger partial charge in [0.05, 0.1) is 23.6 Å². The maximum atomic E-state index is 4.70. The molecule has 7 nitrogen and oxygen atoms in total. The fourth-order valence-corrected chi connectivity index (χ4v) is 5.02. The molecule has 1 aromatic carbocycles. The molecule has 0 amide bonds. The van der Waals surface area contributed by atoms with E-state index in [-0.39, 0.29) is 0 Å². The Bertz CT molecular complexity index is 1730. The molecule has 7 heteroatoms. The molecule has 4 aromatic heterocycles. The Morgan fingerprint density at radius 1 is 0.884 bits per heavy atom. The first-order chi connectivity index (χ1) is 21.0. The Kier molecular flexibility index (Phi) is 9.74. The second kappa shape index (κ2) is 14.2. The number of benzene rings is 1. The number of aryl methyl sites for hydroxylation is 1. The van der Waals surface area contributed by atoms with Crippen molar-refractivity contribution in [2.24, 2.45) is 7.05 Å². The molecule has 6 rings (SSSR count). The molecule has 0 unspecified atom stereocenters. The molecule has 0 bridgehead atoms. The summed E-state index contributed by atoms with van der Waals surface area (Å²) in [4.78, 5) is 11.8. The van der Waals surface area contributed by atoms with E-state index in [1.165, 1.54) is 16.7 Å². The largest absolute Gasteiger partial charge is 0.365 e. The van der Waals surface area contributed by atoms with Crippen LogP contribution < -0.4 is 4.90 Å². The monoisotopic (exact) mass is 569 g/mol. The second-order valence-electron chi connectivity index (χ2n) is 10.9. The van der Waals surface area contributed by atoms with Gasteiger partial charge in [0.15, 0.2) is 5.82 Å². The summed E-state index contributed by atoms with van der Waals surface area (Å²) in [6, 6.07) is 14.7. The number of fused-ring (bicyclic) bond motifs is 1. The van der Waals surface area contributed by atoms with Crippen LogP contribution >= 0.6 is 0 Å². The number of hydrogen-bond donors (Lipinski definition) is 0. The number of rotatable bonds is 7. The topological polar surface area (TPSA) is 64.1 Å². The first-order valence-electron chi connectivity index (χ1n) is 14.7. The minimum absolute atomic E-state index is 0.816. The van der Waals surface area contributed by atoms with E-state index < -0.39 is 0 Å². The normalized spacial score (nSPS) is 13.3. The van der Waals surface area contributed by atoms with Gasteiger partial charge in [-0.1, -0.05) is 78.9 Å². The van der Waals surface area contributed by atoms with Crippen molar-refractivity contribution in [1.29, 1.82) is 0 Å². The number of aromatic nitrogens is 6. The van der Waals surface area contributed by atoms with E-state index in [0.717, 1.165) is 66.1 Å². The van der Waals surface area contributed by atoms with Crippen LogP contribution in [0.2, 0.25) is 0 Å². The molecule has 5 aromatic rings. The molecule has 0 radical (unpaired) electrons. The minimum atomic E-state index is 0.816. The Morgan fingerprint density at radius 2 is 1.70 bits per heavy atom. The van der Waals surface area contributed by atoms with Gasteiger partial charge in [0.1, 0.15) is 0 Å². The number of allylic oxidation sites excluding steroid dienone is 6. The summed E-state index contributed by atoms with van der Waals surface area (Å²) < 4.78 is 3.78. The highest BCUT2D eigenvalue weighted by atomic mass is 15.3. The lowest BCUT2D eigenvalue weighted by Crippen LogP contribution is -2.23. The predicted octanol–water partition coefficient (Wildman–Crippen LogP) is 7.49. The molecule has 0 aliphatic carbocycles. The fourth-order valence-electron chi connectivity index (χ4n) is 5.02. The van der Waals surface area contributed by atoms with E-state index in [4.69, 9.17) is 9.97 Å². The van der Waals surface area contributed by atoms with Gasteiger partial charge in [-0.3, -0.25) is 4.68 Å². The molecule has 43 heavy (non-hydrogen) atoms. The zero-order chi connectivity index (χ0) is 30.0. The molecule has 0 spiro atoms. The van der Waals surface area contributed by atoms with E-state index in [2.05, 4.69) is 84.2 Å². The van der Waals surface area contributed by atoms with Crippen molar-refractivity contribution in [1.82, 2.24) is 29.4 Å². The van der Waals surface area contributed by atoms with E-state index in [1.54, 1.807) is 6.08 Å². The molecule has 218 valence electrons. The van der Waals surface area contributed by atoms with Crippen LogP contribution in [-0.4, -0.2) is 42.5 Å². The highest BCUT2D eigenvalue weighted by Gasteiger charge is 2.17. The molecule has 0 saturated heterocycles. The molecule has 1 aliphatic heterocycles. The predicted molar refractivity (Wildman–Crippen MR) is 177 cm³/mol. The third-order valence-electron chi connectivity index (χ3n) is 7.23. The zero-order valence-electron chi connectivity index (χ0n) is 25.3. The quantitative estimate of drug-likeness (QED) is 0.190. The number of pyridine rings is 1. The van der Waals surface area contributed by atoms with Crippen LogP contribution in [-0.2, 0) is 13.5 Å². The molecule has 0 atom stereocenters. The van der Waals surface area contributed by atoms with E-state index in [1.807, 2.05) is 71.5 Å². The van der Waals surface area contributed by atoms with E-state index in [0.29, 0.717) is 0 Å². The van der Waals surface area contributed by atoms with Crippen LogP contribution in [0.1, 0.15) is 43.6 Å². The summed E-state index contributed by atoms with van der Waals surface area (Å²) in [5.41, 5.74) is 9.38. The summed E-state index contributed by atoms with van der Waals surface area (Å²) in [6.07, 6.45) is 24.7. The molecular formula is C36H39N7. The minimum Gasteiger partial charge on any atom is -0.365 e. The summed E-state index contributed by atoms with van der Waals surface area (Å²) in [6.45, 7) is 9.45. The highest BCUT2D eigenvalue weighted by Crippen LogP contribution is 2.28. The van der Waals surface area contributed by atoms with E-state index in [9.17, 15) is 0 Å². The lowest BCUT2D eigenvalue weighted by Gasteiger charge is -2.20. The number of nitrogens with zero attached hydrogens (tertiary/aromatic N) is 7. The van der Waals surface area contributed by atoms with Gasteiger partial charge in [-0.25, -0.2) is 14.5 Å². The van der Waals surface area contributed by atoms with Crippen molar-refractivity contribution in [3.8, 4) is 11.1 Å². The smallest absolute Gasteiger partial charge is 0.154 e. The van der Waals surface area contributed by atoms with Gasteiger partial charge < -0.3 is 4.90 Å². The summed E-state index contributed by atoms with van der Waals surface area (Å²) in [5, 5.41) is 8.92. The molecule has 0 fully saturated rings. The number of hydrogen-bond acceptors (Lipinski definition) is 5. The average Bonchev–Trinajstić information content (AvgIpc) is 3.57. The van der Waals surface area contributed by atoms with Gasteiger partial charge in [-0.2, -0.15) is 10.2 Å². The van der Waals surface area contributed by atoms with Crippen LogP contribution in [0, 0.1) is 0 Å². The Labute approximate surface area is 254 Å². The Morgan fingerprint density at radius 3 is 2.42 bits per heavy atom. The second-order valence-corrected chi connectivity index (χ2v) is 10.9. The van der Waals surface area contributed by atoms with Gasteiger partial charge in [-0.05, 0) is 49.5 Å². The van der Waals surface area contributed by atoms with Crippen LogP contribution in [0.4, 0.5) is 5.69 Å². The summed E-state index contributed by atoms with van der Waals surface area (Å²) in [7, 11) is 1.93. The molecule has 0 saturated carbocycles. The lowest BCUT2D eigenvalue weighted by atomic mass is 10.1. The van der Waals surface area contributed by atoms with Crippen molar-refractivity contribution in [3.63, 3.8) is 0 Å². The van der Waals surface area contributed by atoms with Crippen LogP contribution in [0.15, 0.2) is 122 Å².